The van der Waals surface area contributed by atoms with E-state index in [1.165, 1.54) is 0 Å². The molecule has 0 aromatic carbocycles. The van der Waals surface area contributed by atoms with Crippen LogP contribution < -0.4 is 5.73 Å². The largest absolute Gasteiger partial charge is 0.384 e. The van der Waals surface area contributed by atoms with Crippen molar-refractivity contribution in [3.8, 4) is 0 Å². The summed E-state index contributed by atoms with van der Waals surface area (Å²) in [6, 6.07) is 0.389. The Balaban J connectivity index is 2.63. The van der Waals surface area contributed by atoms with Gasteiger partial charge in [-0.05, 0) is 19.4 Å². The molecule has 2 nitrogen and oxygen atoms in total. The van der Waals surface area contributed by atoms with Crippen LogP contribution in [0.3, 0.4) is 0 Å². The topological polar surface area (TPSA) is 38.4 Å². The summed E-state index contributed by atoms with van der Waals surface area (Å²) in [5, 5.41) is 0. The SMILES string of the molecule is CC1CC=CC(N)=N1. The third-order valence-electron chi connectivity index (χ3n) is 1.14. The first-order chi connectivity index (χ1) is 3.79. The molecule has 1 rings (SSSR count). The Morgan fingerprint density at radius 3 is 3.00 bits per heavy atom. The summed E-state index contributed by atoms with van der Waals surface area (Å²) in [4.78, 5) is 4.09. The minimum Gasteiger partial charge on any atom is -0.384 e. The standard InChI is InChI=1S/C6H10N2/c1-5-3-2-4-6(7)8-5/h2,4-5H,3H2,1H3,(H2,7,8). The van der Waals surface area contributed by atoms with Gasteiger partial charge in [-0.2, -0.15) is 0 Å². The fourth-order valence-corrected chi connectivity index (χ4v) is 0.736. The predicted molar refractivity (Wildman–Crippen MR) is 34.8 cm³/mol. The van der Waals surface area contributed by atoms with Gasteiger partial charge in [-0.15, -0.1) is 0 Å². The minimum absolute atomic E-state index is 0.389. The van der Waals surface area contributed by atoms with Crippen LogP contribution in [0.5, 0.6) is 0 Å². The van der Waals surface area contributed by atoms with E-state index in [4.69, 9.17) is 5.73 Å². The van der Waals surface area contributed by atoms with Crippen LogP contribution in [0.2, 0.25) is 0 Å². The molecule has 8 heavy (non-hydrogen) atoms. The van der Waals surface area contributed by atoms with Crippen LogP contribution in [0.4, 0.5) is 0 Å². The van der Waals surface area contributed by atoms with Gasteiger partial charge in [-0.3, -0.25) is 4.99 Å². The number of hydrogen-bond acceptors (Lipinski definition) is 2. The average molecular weight is 110 g/mol. The maximum Gasteiger partial charge on any atom is 0.118 e. The van der Waals surface area contributed by atoms with Crippen molar-refractivity contribution in [2.75, 3.05) is 0 Å². The van der Waals surface area contributed by atoms with E-state index in [1.807, 2.05) is 12.2 Å². The van der Waals surface area contributed by atoms with Gasteiger partial charge in [-0.1, -0.05) is 6.08 Å². The van der Waals surface area contributed by atoms with Gasteiger partial charge >= 0.3 is 0 Å². The number of rotatable bonds is 0. The molecule has 0 bridgehead atoms. The molecule has 1 aliphatic heterocycles. The van der Waals surface area contributed by atoms with Crippen molar-refractivity contribution in [2.24, 2.45) is 10.7 Å². The lowest BCUT2D eigenvalue weighted by Gasteiger charge is -2.06. The molecule has 0 aliphatic carbocycles. The lowest BCUT2D eigenvalue weighted by molar-refractivity contribution is 0.751. The van der Waals surface area contributed by atoms with Crippen LogP contribution in [-0.2, 0) is 0 Å². The van der Waals surface area contributed by atoms with Gasteiger partial charge in [-0.25, -0.2) is 0 Å². The van der Waals surface area contributed by atoms with Crippen LogP contribution in [0.1, 0.15) is 13.3 Å². The fourth-order valence-electron chi connectivity index (χ4n) is 0.736. The molecule has 0 amide bonds. The molecule has 0 saturated heterocycles. The molecular weight excluding hydrogens is 100 g/mol. The molecule has 0 spiro atoms. The summed E-state index contributed by atoms with van der Waals surface area (Å²) in [5.41, 5.74) is 5.39. The number of aliphatic imine (C=N–C) groups is 1. The van der Waals surface area contributed by atoms with E-state index < -0.39 is 0 Å². The monoisotopic (exact) mass is 110 g/mol. The molecule has 0 aromatic heterocycles. The van der Waals surface area contributed by atoms with E-state index in [0.29, 0.717) is 11.9 Å². The van der Waals surface area contributed by atoms with Crippen molar-refractivity contribution in [2.45, 2.75) is 19.4 Å². The van der Waals surface area contributed by atoms with Gasteiger partial charge in [0.05, 0.1) is 6.04 Å². The Morgan fingerprint density at radius 1 is 1.88 bits per heavy atom. The first kappa shape index (κ1) is 5.35. The van der Waals surface area contributed by atoms with E-state index >= 15 is 0 Å². The molecule has 2 heteroatoms. The van der Waals surface area contributed by atoms with Crippen LogP contribution in [0.15, 0.2) is 17.1 Å². The highest BCUT2D eigenvalue weighted by Gasteiger charge is 1.99. The Hall–Kier alpha value is -0.790. The highest BCUT2D eigenvalue weighted by Crippen LogP contribution is 2.02. The van der Waals surface area contributed by atoms with Crippen molar-refractivity contribution in [1.82, 2.24) is 0 Å². The predicted octanol–water partition coefficient (Wildman–Crippen LogP) is 0.692. The van der Waals surface area contributed by atoms with Gasteiger partial charge in [0.15, 0.2) is 0 Å². The molecular formula is C6H10N2. The number of hydrogen-bond donors (Lipinski definition) is 1. The summed E-state index contributed by atoms with van der Waals surface area (Å²) in [5.74, 6) is 0.656. The number of dihydropyridines is 1. The van der Waals surface area contributed by atoms with Gasteiger partial charge in [0.2, 0.25) is 0 Å². The molecule has 0 aromatic rings. The number of nitrogens with zero attached hydrogens (tertiary/aromatic N) is 1. The third kappa shape index (κ3) is 1.09. The second-order valence-electron chi connectivity index (χ2n) is 2.04. The first-order valence-electron chi connectivity index (χ1n) is 2.79. The normalized spacial score (nSPS) is 27.6. The van der Waals surface area contributed by atoms with Gasteiger partial charge in [0, 0.05) is 0 Å². The van der Waals surface area contributed by atoms with Crippen molar-refractivity contribution < 1.29 is 0 Å². The Bertz CT molecular complexity index is 135. The lowest BCUT2D eigenvalue weighted by Crippen LogP contribution is -2.15. The molecule has 0 saturated carbocycles. The van der Waals surface area contributed by atoms with Crippen LogP contribution in [-0.4, -0.2) is 11.9 Å². The van der Waals surface area contributed by atoms with Crippen LogP contribution in [0, 0.1) is 0 Å². The van der Waals surface area contributed by atoms with Gasteiger partial charge in [0.1, 0.15) is 5.84 Å². The maximum absolute atomic E-state index is 5.39. The van der Waals surface area contributed by atoms with Crippen LogP contribution >= 0.6 is 0 Å². The molecule has 44 valence electrons. The molecule has 1 aliphatic rings. The first-order valence-corrected chi connectivity index (χ1v) is 2.79. The molecule has 1 heterocycles. The Kier molecular flexibility index (Phi) is 1.33. The molecule has 0 radical (unpaired) electrons. The Morgan fingerprint density at radius 2 is 2.62 bits per heavy atom. The molecule has 2 N–H and O–H groups in total. The molecule has 1 atom stereocenters. The van der Waals surface area contributed by atoms with Gasteiger partial charge < -0.3 is 5.73 Å². The van der Waals surface area contributed by atoms with Crippen molar-refractivity contribution in [1.29, 1.82) is 0 Å². The smallest absolute Gasteiger partial charge is 0.118 e. The van der Waals surface area contributed by atoms with Crippen molar-refractivity contribution >= 4 is 5.84 Å². The summed E-state index contributed by atoms with van der Waals surface area (Å²) < 4.78 is 0. The second-order valence-corrected chi connectivity index (χ2v) is 2.04. The van der Waals surface area contributed by atoms with E-state index in [-0.39, 0.29) is 0 Å². The summed E-state index contributed by atoms with van der Waals surface area (Å²) in [7, 11) is 0. The van der Waals surface area contributed by atoms with Crippen molar-refractivity contribution in [3.63, 3.8) is 0 Å². The zero-order chi connectivity index (χ0) is 5.98. The van der Waals surface area contributed by atoms with E-state index in [0.717, 1.165) is 6.42 Å². The third-order valence-corrected chi connectivity index (χ3v) is 1.14. The highest BCUT2D eigenvalue weighted by atomic mass is 14.9. The Labute approximate surface area is 49.1 Å². The van der Waals surface area contributed by atoms with Crippen molar-refractivity contribution in [3.05, 3.63) is 12.2 Å². The zero-order valence-electron chi connectivity index (χ0n) is 4.96. The molecule has 0 fully saturated rings. The summed E-state index contributed by atoms with van der Waals surface area (Å²) in [6.07, 6.45) is 4.92. The second kappa shape index (κ2) is 1.99. The van der Waals surface area contributed by atoms with Gasteiger partial charge in [0.25, 0.3) is 0 Å². The number of nitrogens with two attached hydrogens (primary N) is 1. The number of amidine groups is 1. The van der Waals surface area contributed by atoms with E-state index in [9.17, 15) is 0 Å². The quantitative estimate of drug-likeness (QED) is 0.489. The summed E-state index contributed by atoms with van der Waals surface area (Å²) >= 11 is 0. The minimum atomic E-state index is 0.389. The fraction of sp³-hybridized carbons (Fsp3) is 0.500. The molecule has 1 unspecified atom stereocenters. The highest BCUT2D eigenvalue weighted by molar-refractivity contribution is 5.92. The maximum atomic E-state index is 5.39. The lowest BCUT2D eigenvalue weighted by atomic mass is 10.2. The van der Waals surface area contributed by atoms with E-state index in [1.54, 1.807) is 0 Å². The summed E-state index contributed by atoms with van der Waals surface area (Å²) in [6.45, 7) is 2.05. The average Bonchev–Trinajstić information content (AvgIpc) is 1.64. The van der Waals surface area contributed by atoms with Crippen LogP contribution in [0.25, 0.3) is 0 Å². The van der Waals surface area contributed by atoms with E-state index in [2.05, 4.69) is 11.9 Å². The zero-order valence-corrected chi connectivity index (χ0v) is 4.96.